The predicted molar refractivity (Wildman–Crippen MR) is 130 cm³/mol. The Morgan fingerprint density at radius 3 is 2.72 bits per heavy atom. The van der Waals surface area contributed by atoms with Crippen LogP contribution in [0, 0.1) is 6.92 Å². The first kappa shape index (κ1) is 23.4. The highest BCUT2D eigenvalue weighted by Crippen LogP contribution is 2.24. The lowest BCUT2D eigenvalue weighted by Gasteiger charge is -2.35. The van der Waals surface area contributed by atoms with Crippen molar-refractivity contribution >= 4 is 35.8 Å². The molecule has 29 heavy (non-hydrogen) atoms. The number of unbranched alkanes of at least 4 members (excludes halogenated alkanes) is 1. The number of hydrogen-bond acceptors (Lipinski definition) is 4. The van der Waals surface area contributed by atoms with Crippen LogP contribution in [0.1, 0.15) is 30.1 Å². The van der Waals surface area contributed by atoms with Crippen LogP contribution in [0.2, 0.25) is 0 Å². The third-order valence-electron chi connectivity index (χ3n) is 4.97. The predicted octanol–water partition coefficient (Wildman–Crippen LogP) is 3.85. The SMILES string of the molecule is CN=C(NCCCCNc1ccccn1)N1CCOC(c2ccccc2C)C1.I. The van der Waals surface area contributed by atoms with Crippen LogP contribution in [0.25, 0.3) is 0 Å². The number of hydrogen-bond donors (Lipinski definition) is 2. The summed E-state index contributed by atoms with van der Waals surface area (Å²) in [5.41, 5.74) is 2.54. The van der Waals surface area contributed by atoms with Gasteiger partial charge in [-0.2, -0.15) is 0 Å². The summed E-state index contributed by atoms with van der Waals surface area (Å²) in [6, 6.07) is 14.4. The number of ether oxygens (including phenoxy) is 1. The van der Waals surface area contributed by atoms with E-state index in [1.165, 1.54) is 11.1 Å². The average molecular weight is 509 g/mol. The second kappa shape index (κ2) is 12.6. The fourth-order valence-corrected chi connectivity index (χ4v) is 3.44. The first-order chi connectivity index (χ1) is 13.8. The van der Waals surface area contributed by atoms with Crippen molar-refractivity contribution in [3.63, 3.8) is 0 Å². The van der Waals surface area contributed by atoms with Gasteiger partial charge in [-0.3, -0.25) is 4.99 Å². The summed E-state index contributed by atoms with van der Waals surface area (Å²) in [7, 11) is 1.85. The zero-order valence-corrected chi connectivity index (χ0v) is 19.6. The molecule has 7 heteroatoms. The van der Waals surface area contributed by atoms with Gasteiger partial charge in [-0.15, -0.1) is 24.0 Å². The Morgan fingerprint density at radius 2 is 1.97 bits per heavy atom. The number of anilines is 1. The van der Waals surface area contributed by atoms with Crippen molar-refractivity contribution in [2.45, 2.75) is 25.9 Å². The standard InChI is InChI=1S/C22H31N5O.HI/c1-18-9-3-4-10-19(18)20-17-27(15-16-28-20)22(23-2)26-14-8-7-13-25-21-11-5-6-12-24-21;/h3-6,9-12,20H,7-8,13-17H2,1-2H3,(H,23,26)(H,24,25);1H. The third-order valence-corrected chi connectivity index (χ3v) is 4.97. The van der Waals surface area contributed by atoms with Gasteiger partial charge >= 0.3 is 0 Å². The molecular weight excluding hydrogens is 477 g/mol. The van der Waals surface area contributed by atoms with E-state index in [2.05, 4.69) is 56.7 Å². The summed E-state index contributed by atoms with van der Waals surface area (Å²) in [6.07, 6.45) is 4.05. The van der Waals surface area contributed by atoms with E-state index in [0.29, 0.717) is 6.61 Å². The molecule has 1 saturated heterocycles. The smallest absolute Gasteiger partial charge is 0.193 e. The van der Waals surface area contributed by atoms with Gasteiger partial charge in [0.15, 0.2) is 5.96 Å². The normalized spacial score (nSPS) is 16.8. The molecule has 0 amide bonds. The molecule has 3 rings (SSSR count). The maximum Gasteiger partial charge on any atom is 0.193 e. The van der Waals surface area contributed by atoms with Crippen LogP contribution in [0.3, 0.4) is 0 Å². The van der Waals surface area contributed by atoms with Gasteiger partial charge in [-0.1, -0.05) is 30.3 Å². The summed E-state index contributed by atoms with van der Waals surface area (Å²) >= 11 is 0. The zero-order chi connectivity index (χ0) is 19.6. The number of aliphatic imine (C=N–C) groups is 1. The Labute approximate surface area is 191 Å². The van der Waals surface area contributed by atoms with Crippen LogP contribution in [0.4, 0.5) is 5.82 Å². The lowest BCUT2D eigenvalue weighted by Crippen LogP contribution is -2.48. The van der Waals surface area contributed by atoms with E-state index < -0.39 is 0 Å². The number of rotatable bonds is 7. The molecule has 0 aliphatic carbocycles. The zero-order valence-electron chi connectivity index (χ0n) is 17.3. The largest absolute Gasteiger partial charge is 0.370 e. The quantitative estimate of drug-likeness (QED) is 0.257. The molecule has 0 bridgehead atoms. The minimum atomic E-state index is 0. The van der Waals surface area contributed by atoms with Crippen molar-refractivity contribution < 1.29 is 4.74 Å². The van der Waals surface area contributed by atoms with Gasteiger partial charge in [0.2, 0.25) is 0 Å². The molecule has 0 saturated carbocycles. The van der Waals surface area contributed by atoms with E-state index in [1.54, 1.807) is 6.20 Å². The van der Waals surface area contributed by atoms with Crippen molar-refractivity contribution in [3.05, 3.63) is 59.8 Å². The Kier molecular flexibility index (Phi) is 10.2. The summed E-state index contributed by atoms with van der Waals surface area (Å²) in [5, 5.41) is 6.84. The van der Waals surface area contributed by atoms with Crippen LogP contribution in [-0.2, 0) is 4.74 Å². The van der Waals surface area contributed by atoms with Gasteiger partial charge in [-0.05, 0) is 43.0 Å². The van der Waals surface area contributed by atoms with E-state index in [0.717, 1.165) is 50.8 Å². The van der Waals surface area contributed by atoms with Crippen molar-refractivity contribution in [1.82, 2.24) is 15.2 Å². The Bertz CT molecular complexity index is 756. The van der Waals surface area contributed by atoms with Crippen LogP contribution in [0.5, 0.6) is 0 Å². The topological polar surface area (TPSA) is 61.8 Å². The lowest BCUT2D eigenvalue weighted by molar-refractivity contribution is -0.00830. The molecule has 1 aliphatic rings. The van der Waals surface area contributed by atoms with E-state index in [9.17, 15) is 0 Å². The van der Waals surface area contributed by atoms with Crippen molar-refractivity contribution in [3.8, 4) is 0 Å². The molecule has 2 heterocycles. The number of aryl methyl sites for hydroxylation is 1. The minimum absolute atomic E-state index is 0. The van der Waals surface area contributed by atoms with Gasteiger partial charge in [0, 0.05) is 32.9 Å². The van der Waals surface area contributed by atoms with E-state index >= 15 is 0 Å². The molecule has 1 fully saturated rings. The average Bonchev–Trinajstić information content (AvgIpc) is 2.74. The molecule has 2 N–H and O–H groups in total. The lowest BCUT2D eigenvalue weighted by atomic mass is 10.0. The Hall–Kier alpha value is -1.87. The fraction of sp³-hybridized carbons (Fsp3) is 0.455. The van der Waals surface area contributed by atoms with Gasteiger partial charge < -0.3 is 20.3 Å². The Morgan fingerprint density at radius 1 is 1.17 bits per heavy atom. The maximum atomic E-state index is 6.03. The van der Waals surface area contributed by atoms with Crippen molar-refractivity contribution in [1.29, 1.82) is 0 Å². The molecule has 1 aliphatic heterocycles. The summed E-state index contributed by atoms with van der Waals surface area (Å²) in [4.78, 5) is 11.0. The second-order valence-corrected chi connectivity index (χ2v) is 6.98. The van der Waals surface area contributed by atoms with Crippen LogP contribution in [-0.4, -0.2) is 55.7 Å². The number of morpholine rings is 1. The fourth-order valence-electron chi connectivity index (χ4n) is 3.44. The number of halogens is 1. The van der Waals surface area contributed by atoms with Crippen LogP contribution in [0.15, 0.2) is 53.7 Å². The first-order valence-corrected chi connectivity index (χ1v) is 10.1. The highest BCUT2D eigenvalue weighted by molar-refractivity contribution is 14.0. The van der Waals surface area contributed by atoms with Gasteiger partial charge in [0.25, 0.3) is 0 Å². The number of pyridine rings is 1. The molecule has 0 radical (unpaired) electrons. The first-order valence-electron chi connectivity index (χ1n) is 10.1. The molecule has 158 valence electrons. The molecule has 1 atom stereocenters. The van der Waals surface area contributed by atoms with Crippen molar-refractivity contribution in [2.24, 2.45) is 4.99 Å². The number of guanidine groups is 1. The number of aromatic nitrogens is 1. The second-order valence-electron chi connectivity index (χ2n) is 6.98. The number of benzene rings is 1. The molecular formula is C22H32IN5O. The number of nitrogens with one attached hydrogen (secondary N) is 2. The molecule has 1 unspecified atom stereocenters. The molecule has 6 nitrogen and oxygen atoms in total. The van der Waals surface area contributed by atoms with E-state index in [4.69, 9.17) is 4.74 Å². The van der Waals surface area contributed by atoms with E-state index in [1.807, 2.05) is 25.2 Å². The molecule has 2 aromatic rings. The monoisotopic (exact) mass is 509 g/mol. The molecule has 0 spiro atoms. The summed E-state index contributed by atoms with van der Waals surface area (Å²) < 4.78 is 6.03. The Balaban J connectivity index is 0.00000300. The maximum absolute atomic E-state index is 6.03. The van der Waals surface area contributed by atoms with Gasteiger partial charge in [0.1, 0.15) is 11.9 Å². The third kappa shape index (κ3) is 7.15. The summed E-state index contributed by atoms with van der Waals surface area (Å²) in [5.74, 6) is 1.89. The minimum Gasteiger partial charge on any atom is -0.370 e. The summed E-state index contributed by atoms with van der Waals surface area (Å²) in [6.45, 7) is 6.37. The van der Waals surface area contributed by atoms with Gasteiger partial charge in [-0.25, -0.2) is 4.98 Å². The van der Waals surface area contributed by atoms with Crippen LogP contribution < -0.4 is 10.6 Å². The van der Waals surface area contributed by atoms with E-state index in [-0.39, 0.29) is 30.1 Å². The van der Waals surface area contributed by atoms with Crippen LogP contribution >= 0.6 is 24.0 Å². The number of nitrogens with zero attached hydrogens (tertiary/aromatic N) is 3. The van der Waals surface area contributed by atoms with Crippen molar-refractivity contribution in [2.75, 3.05) is 45.2 Å². The highest BCUT2D eigenvalue weighted by Gasteiger charge is 2.24. The molecule has 1 aromatic carbocycles. The highest BCUT2D eigenvalue weighted by atomic mass is 127. The van der Waals surface area contributed by atoms with Gasteiger partial charge in [0.05, 0.1) is 13.2 Å². The molecule has 1 aromatic heterocycles.